The summed E-state index contributed by atoms with van der Waals surface area (Å²) in [4.78, 5) is 28.1. The first-order chi connectivity index (χ1) is 11.9. The summed E-state index contributed by atoms with van der Waals surface area (Å²) in [6.45, 7) is 5.29. The summed E-state index contributed by atoms with van der Waals surface area (Å²) >= 11 is 7.09. The highest BCUT2D eigenvalue weighted by molar-refractivity contribution is 7.14. The second kappa shape index (κ2) is 7.51. The molecule has 1 amide bonds. The van der Waals surface area contributed by atoms with Crippen LogP contribution in [0.25, 0.3) is 0 Å². The fraction of sp³-hybridized carbons (Fsp3) is 0.353. The van der Waals surface area contributed by atoms with E-state index in [1.54, 1.807) is 11.8 Å². The van der Waals surface area contributed by atoms with Gasteiger partial charge in [-0.05, 0) is 24.6 Å². The first-order valence-electron chi connectivity index (χ1n) is 7.95. The standard InChI is InChI=1S/C17H18ClN3O3S/c1-12-15(21(23)24)10-16(25-12)17(22)20-8-6-19(7-9-20)11-13-2-4-14(18)5-3-13/h2-5,10H,6-9,11H2,1H3. The molecule has 0 spiro atoms. The molecule has 0 atom stereocenters. The van der Waals surface area contributed by atoms with Crippen molar-refractivity contribution >= 4 is 34.5 Å². The summed E-state index contributed by atoms with van der Waals surface area (Å²) in [7, 11) is 0. The van der Waals surface area contributed by atoms with Gasteiger partial charge >= 0.3 is 0 Å². The van der Waals surface area contributed by atoms with Gasteiger partial charge in [0, 0.05) is 43.8 Å². The Hall–Kier alpha value is -1.96. The second-order valence-electron chi connectivity index (χ2n) is 6.00. The number of nitro groups is 1. The number of carbonyl (C=O) groups excluding carboxylic acids is 1. The molecule has 1 aromatic carbocycles. The Balaban J connectivity index is 1.58. The monoisotopic (exact) mass is 379 g/mol. The maximum absolute atomic E-state index is 12.6. The van der Waals surface area contributed by atoms with Crippen molar-refractivity contribution < 1.29 is 9.72 Å². The molecule has 1 aliphatic rings. The Morgan fingerprint density at radius 1 is 1.24 bits per heavy atom. The van der Waals surface area contributed by atoms with E-state index in [4.69, 9.17) is 11.6 Å². The molecule has 1 saturated heterocycles. The summed E-state index contributed by atoms with van der Waals surface area (Å²) in [5, 5.41) is 11.7. The number of hydrogen-bond donors (Lipinski definition) is 0. The fourth-order valence-electron chi connectivity index (χ4n) is 2.87. The van der Waals surface area contributed by atoms with Gasteiger partial charge in [0.05, 0.1) is 14.7 Å². The van der Waals surface area contributed by atoms with Gasteiger partial charge in [-0.25, -0.2) is 0 Å². The molecule has 0 aliphatic carbocycles. The number of rotatable bonds is 4. The third-order valence-corrected chi connectivity index (χ3v) is 5.56. The minimum Gasteiger partial charge on any atom is -0.335 e. The van der Waals surface area contributed by atoms with Crippen LogP contribution in [0.2, 0.25) is 5.02 Å². The molecule has 3 rings (SSSR count). The van der Waals surface area contributed by atoms with Gasteiger partial charge < -0.3 is 4.90 Å². The highest BCUT2D eigenvalue weighted by Gasteiger charge is 2.26. The first-order valence-corrected chi connectivity index (χ1v) is 9.14. The minimum absolute atomic E-state index is 0.0229. The number of aryl methyl sites for hydroxylation is 1. The van der Waals surface area contributed by atoms with E-state index in [2.05, 4.69) is 4.90 Å². The molecule has 0 N–H and O–H groups in total. The van der Waals surface area contributed by atoms with Gasteiger partial charge in [-0.3, -0.25) is 19.8 Å². The Kier molecular flexibility index (Phi) is 5.36. The van der Waals surface area contributed by atoms with E-state index in [0.29, 0.717) is 22.8 Å². The minimum atomic E-state index is -0.438. The second-order valence-corrected chi connectivity index (χ2v) is 7.70. The predicted molar refractivity (Wildman–Crippen MR) is 98.3 cm³/mol. The Morgan fingerprint density at radius 2 is 1.88 bits per heavy atom. The summed E-state index contributed by atoms with van der Waals surface area (Å²) < 4.78 is 0. The molecule has 132 valence electrons. The summed E-state index contributed by atoms with van der Waals surface area (Å²) in [6, 6.07) is 9.16. The van der Waals surface area contributed by atoms with Crippen molar-refractivity contribution in [1.29, 1.82) is 0 Å². The Morgan fingerprint density at radius 3 is 2.44 bits per heavy atom. The number of amides is 1. The van der Waals surface area contributed by atoms with E-state index in [9.17, 15) is 14.9 Å². The van der Waals surface area contributed by atoms with Gasteiger partial charge in [0.2, 0.25) is 0 Å². The number of piperazine rings is 1. The molecule has 1 aliphatic heterocycles. The lowest BCUT2D eigenvalue weighted by molar-refractivity contribution is -0.385. The largest absolute Gasteiger partial charge is 0.335 e. The lowest BCUT2D eigenvalue weighted by atomic mass is 10.2. The zero-order valence-electron chi connectivity index (χ0n) is 13.8. The van der Waals surface area contributed by atoms with Crippen LogP contribution in [0.3, 0.4) is 0 Å². The van der Waals surface area contributed by atoms with Crippen LogP contribution < -0.4 is 0 Å². The zero-order valence-corrected chi connectivity index (χ0v) is 15.3. The van der Waals surface area contributed by atoms with Crippen LogP contribution in [-0.4, -0.2) is 46.8 Å². The molecular weight excluding hydrogens is 362 g/mol. The van der Waals surface area contributed by atoms with Gasteiger partial charge in [-0.2, -0.15) is 0 Å². The number of halogens is 1. The maximum atomic E-state index is 12.6. The average Bonchev–Trinajstić information content (AvgIpc) is 2.99. The molecule has 0 radical (unpaired) electrons. The fourth-order valence-corrected chi connectivity index (χ4v) is 3.95. The number of hydrogen-bond acceptors (Lipinski definition) is 5. The van der Waals surface area contributed by atoms with Gasteiger partial charge in [0.25, 0.3) is 11.6 Å². The van der Waals surface area contributed by atoms with Crippen LogP contribution in [0.1, 0.15) is 20.1 Å². The average molecular weight is 380 g/mol. The topological polar surface area (TPSA) is 66.7 Å². The predicted octanol–water partition coefficient (Wildman–Crippen LogP) is 3.58. The lowest BCUT2D eigenvalue weighted by Gasteiger charge is -2.34. The van der Waals surface area contributed by atoms with E-state index in [0.717, 1.165) is 24.7 Å². The maximum Gasteiger partial charge on any atom is 0.283 e. The van der Waals surface area contributed by atoms with Crippen LogP contribution in [0.15, 0.2) is 30.3 Å². The third-order valence-electron chi connectivity index (χ3n) is 4.28. The first kappa shape index (κ1) is 17.8. The van der Waals surface area contributed by atoms with Gasteiger partial charge in [0.15, 0.2) is 0 Å². The van der Waals surface area contributed by atoms with E-state index < -0.39 is 4.92 Å². The Labute approximate surface area is 154 Å². The lowest BCUT2D eigenvalue weighted by Crippen LogP contribution is -2.48. The number of nitrogens with zero attached hydrogens (tertiary/aromatic N) is 3. The zero-order chi connectivity index (χ0) is 18.0. The van der Waals surface area contributed by atoms with E-state index in [1.165, 1.54) is 23.0 Å². The number of carbonyl (C=O) groups is 1. The number of benzene rings is 1. The molecule has 2 heterocycles. The molecule has 1 aromatic heterocycles. The van der Waals surface area contributed by atoms with Gasteiger partial charge in [-0.1, -0.05) is 23.7 Å². The van der Waals surface area contributed by atoms with Crippen molar-refractivity contribution in [3.8, 4) is 0 Å². The van der Waals surface area contributed by atoms with Crippen LogP contribution in [0, 0.1) is 17.0 Å². The van der Waals surface area contributed by atoms with Crippen LogP contribution in [0.5, 0.6) is 0 Å². The van der Waals surface area contributed by atoms with Crippen molar-refractivity contribution in [2.24, 2.45) is 0 Å². The highest BCUT2D eigenvalue weighted by atomic mass is 35.5. The normalized spacial score (nSPS) is 15.4. The molecule has 1 fully saturated rings. The van der Waals surface area contributed by atoms with Crippen molar-refractivity contribution in [2.45, 2.75) is 13.5 Å². The smallest absolute Gasteiger partial charge is 0.283 e. The van der Waals surface area contributed by atoms with E-state index >= 15 is 0 Å². The Bertz CT molecular complexity index is 783. The van der Waals surface area contributed by atoms with Crippen LogP contribution >= 0.6 is 22.9 Å². The van der Waals surface area contributed by atoms with Gasteiger partial charge in [0.1, 0.15) is 0 Å². The molecule has 0 unspecified atom stereocenters. The van der Waals surface area contributed by atoms with E-state index in [-0.39, 0.29) is 11.6 Å². The summed E-state index contributed by atoms with van der Waals surface area (Å²) in [6.07, 6.45) is 0. The summed E-state index contributed by atoms with van der Waals surface area (Å²) in [5.41, 5.74) is 1.21. The van der Waals surface area contributed by atoms with Crippen molar-refractivity contribution in [1.82, 2.24) is 9.80 Å². The molecule has 0 saturated carbocycles. The van der Waals surface area contributed by atoms with Crippen LogP contribution in [-0.2, 0) is 6.54 Å². The highest BCUT2D eigenvalue weighted by Crippen LogP contribution is 2.29. The molecule has 0 bridgehead atoms. The third kappa shape index (κ3) is 4.18. The van der Waals surface area contributed by atoms with Crippen molar-refractivity contribution in [3.05, 3.63) is 60.8 Å². The number of thiophene rings is 1. The molecule has 6 nitrogen and oxygen atoms in total. The van der Waals surface area contributed by atoms with E-state index in [1.807, 2.05) is 24.3 Å². The summed E-state index contributed by atoms with van der Waals surface area (Å²) in [5.74, 6) is -0.118. The molecule has 8 heteroatoms. The van der Waals surface area contributed by atoms with Crippen molar-refractivity contribution in [3.63, 3.8) is 0 Å². The van der Waals surface area contributed by atoms with Gasteiger partial charge in [-0.15, -0.1) is 11.3 Å². The SMILES string of the molecule is Cc1sc(C(=O)N2CCN(Cc3ccc(Cl)cc3)CC2)cc1[N+](=O)[O-]. The molecule has 2 aromatic rings. The molecule has 25 heavy (non-hydrogen) atoms. The van der Waals surface area contributed by atoms with Crippen LogP contribution in [0.4, 0.5) is 5.69 Å². The quantitative estimate of drug-likeness (QED) is 0.601. The molecular formula is C17H18ClN3O3S. The van der Waals surface area contributed by atoms with Crippen molar-refractivity contribution in [2.75, 3.05) is 26.2 Å².